The number of nitrogens with zero attached hydrogens (tertiary/aromatic N) is 1. The van der Waals surface area contributed by atoms with E-state index in [1.54, 1.807) is 18.2 Å². The fourth-order valence-corrected chi connectivity index (χ4v) is 3.11. The number of carbonyl (C=O) groups is 1. The minimum atomic E-state index is -0.990. The van der Waals surface area contributed by atoms with Crippen molar-refractivity contribution in [3.63, 3.8) is 0 Å². The van der Waals surface area contributed by atoms with Gasteiger partial charge in [-0.25, -0.2) is 4.79 Å². The van der Waals surface area contributed by atoms with E-state index in [0.29, 0.717) is 6.54 Å². The smallest absolute Gasteiger partial charge is 0.317 e. The number of aryl methyl sites for hydroxylation is 2. The minimum absolute atomic E-state index is 0.123. The summed E-state index contributed by atoms with van der Waals surface area (Å²) >= 11 is 0. The lowest BCUT2D eigenvalue weighted by Crippen LogP contribution is -2.38. The van der Waals surface area contributed by atoms with E-state index in [4.69, 9.17) is 4.42 Å². The summed E-state index contributed by atoms with van der Waals surface area (Å²) in [6.45, 7) is 6.21. The van der Waals surface area contributed by atoms with Crippen molar-refractivity contribution < 1.29 is 13.4 Å². The third-order valence-electron chi connectivity index (χ3n) is 3.91. The number of furan rings is 1. The maximum atomic E-state index is 12.4. The molecule has 0 unspecified atom stereocenters. The summed E-state index contributed by atoms with van der Waals surface area (Å²) in [5, 5.41) is 2.98. The predicted octanol–water partition coefficient (Wildman–Crippen LogP) is 3.54. The topological polar surface area (TPSA) is 62.6 Å². The van der Waals surface area contributed by atoms with Gasteiger partial charge in [0.25, 0.3) is 0 Å². The fourth-order valence-electron chi connectivity index (χ4n) is 2.59. The second-order valence-electron chi connectivity index (χ2n) is 5.99. The van der Waals surface area contributed by atoms with E-state index < -0.39 is 10.8 Å². The second kappa shape index (κ2) is 7.66. The highest BCUT2D eigenvalue weighted by atomic mass is 32.2. The molecule has 0 aliphatic rings. The van der Waals surface area contributed by atoms with Gasteiger partial charge >= 0.3 is 6.03 Å². The first-order valence-corrected chi connectivity index (χ1v) is 9.34. The van der Waals surface area contributed by atoms with E-state index >= 15 is 0 Å². The van der Waals surface area contributed by atoms with Gasteiger partial charge in [0.05, 0.1) is 6.04 Å². The molecular weight excluding hydrogens is 324 g/mol. The molecule has 5 nitrogen and oxygen atoms in total. The Balaban J connectivity index is 1.96. The molecular formula is C18H24N2O3S. The third-order valence-corrected chi connectivity index (χ3v) is 4.84. The number of urea groups is 1. The van der Waals surface area contributed by atoms with E-state index in [0.717, 1.165) is 27.5 Å². The number of hydrogen-bond donors (Lipinski definition) is 1. The molecule has 0 spiro atoms. The van der Waals surface area contributed by atoms with Crippen LogP contribution in [0.4, 0.5) is 4.79 Å². The van der Waals surface area contributed by atoms with Gasteiger partial charge in [-0.3, -0.25) is 4.21 Å². The number of nitrogens with one attached hydrogen (secondary N) is 1. The van der Waals surface area contributed by atoms with Crippen molar-refractivity contribution in [3.05, 3.63) is 53.0 Å². The Bertz CT molecular complexity index is 737. The van der Waals surface area contributed by atoms with Crippen molar-refractivity contribution in [1.82, 2.24) is 10.2 Å². The fraction of sp³-hybridized carbons (Fsp3) is 0.389. The Morgan fingerprint density at radius 2 is 1.92 bits per heavy atom. The van der Waals surface area contributed by atoms with Crippen LogP contribution in [-0.4, -0.2) is 28.4 Å². The normalized spacial score (nSPS) is 13.4. The van der Waals surface area contributed by atoms with E-state index in [1.165, 1.54) is 0 Å². The molecule has 2 atom stereocenters. The van der Waals surface area contributed by atoms with Crippen LogP contribution in [0.15, 0.2) is 39.6 Å². The van der Waals surface area contributed by atoms with Crippen LogP contribution in [0, 0.1) is 13.8 Å². The number of amides is 2. The molecule has 0 saturated carbocycles. The number of rotatable bonds is 5. The Hall–Kier alpha value is -2.08. The Morgan fingerprint density at radius 1 is 1.29 bits per heavy atom. The Morgan fingerprint density at radius 3 is 2.42 bits per heavy atom. The first-order chi connectivity index (χ1) is 11.3. The summed E-state index contributed by atoms with van der Waals surface area (Å²) in [5.74, 6) is 1.66. The van der Waals surface area contributed by atoms with Gasteiger partial charge in [0.15, 0.2) is 0 Å². The van der Waals surface area contributed by atoms with Gasteiger partial charge in [0.1, 0.15) is 11.5 Å². The zero-order valence-corrected chi connectivity index (χ0v) is 15.6. The monoisotopic (exact) mass is 348 g/mol. The molecule has 2 rings (SSSR count). The second-order valence-corrected chi connectivity index (χ2v) is 7.37. The first kappa shape index (κ1) is 18.3. The van der Waals surface area contributed by atoms with Crippen LogP contribution < -0.4 is 5.32 Å². The zero-order chi connectivity index (χ0) is 17.9. The van der Waals surface area contributed by atoms with Gasteiger partial charge < -0.3 is 14.6 Å². The molecule has 130 valence electrons. The number of benzene rings is 1. The first-order valence-electron chi connectivity index (χ1n) is 7.79. The molecule has 0 radical (unpaired) electrons. The maximum Gasteiger partial charge on any atom is 0.317 e. The van der Waals surface area contributed by atoms with Crippen LogP contribution in [0.2, 0.25) is 0 Å². The van der Waals surface area contributed by atoms with Crippen LogP contribution in [0.25, 0.3) is 0 Å². The average Bonchev–Trinajstić information content (AvgIpc) is 2.86. The molecule has 1 aromatic heterocycles. The van der Waals surface area contributed by atoms with Gasteiger partial charge in [0.2, 0.25) is 0 Å². The van der Waals surface area contributed by atoms with E-state index in [1.807, 2.05) is 51.1 Å². The molecule has 6 heteroatoms. The van der Waals surface area contributed by atoms with E-state index in [9.17, 15) is 9.00 Å². The SMILES string of the molecule is Cc1cc([C@H](C)NC(=O)N(C)Cc2ccc([S@](C)=O)cc2)c(C)o1. The minimum Gasteiger partial charge on any atom is -0.466 e. The van der Waals surface area contributed by atoms with Gasteiger partial charge in [0, 0.05) is 41.1 Å². The summed E-state index contributed by atoms with van der Waals surface area (Å²) in [4.78, 5) is 14.8. The molecule has 2 amide bonds. The summed E-state index contributed by atoms with van der Waals surface area (Å²) in [6.07, 6.45) is 1.65. The van der Waals surface area contributed by atoms with Crippen LogP contribution in [0.3, 0.4) is 0 Å². The van der Waals surface area contributed by atoms with Crippen molar-refractivity contribution in [3.8, 4) is 0 Å². The van der Waals surface area contributed by atoms with E-state index in [2.05, 4.69) is 5.32 Å². The highest BCUT2D eigenvalue weighted by Gasteiger charge is 2.17. The molecule has 1 N–H and O–H groups in total. The number of hydrogen-bond acceptors (Lipinski definition) is 3. The van der Waals surface area contributed by atoms with Gasteiger partial charge in [-0.2, -0.15) is 0 Å². The van der Waals surface area contributed by atoms with Crippen LogP contribution in [-0.2, 0) is 17.3 Å². The van der Waals surface area contributed by atoms with Crippen molar-refractivity contribution in [2.24, 2.45) is 0 Å². The summed E-state index contributed by atoms with van der Waals surface area (Å²) in [6, 6.07) is 9.13. The summed E-state index contributed by atoms with van der Waals surface area (Å²) in [5.41, 5.74) is 1.98. The Kier molecular flexibility index (Phi) is 5.83. The largest absolute Gasteiger partial charge is 0.466 e. The lowest BCUT2D eigenvalue weighted by atomic mass is 10.1. The highest BCUT2D eigenvalue weighted by molar-refractivity contribution is 7.84. The molecule has 0 aliphatic heterocycles. The molecule has 0 bridgehead atoms. The summed E-state index contributed by atoms with van der Waals surface area (Å²) in [7, 11) is 0.762. The van der Waals surface area contributed by atoms with Crippen molar-refractivity contribution in [2.45, 2.75) is 38.3 Å². The third kappa shape index (κ3) is 4.47. The van der Waals surface area contributed by atoms with Crippen LogP contribution in [0.5, 0.6) is 0 Å². The standard InChI is InChI=1S/C18H24N2O3S/c1-12-10-17(14(3)23-12)13(2)19-18(21)20(4)11-15-6-8-16(9-7-15)24(5)22/h6-10,13H,11H2,1-5H3,(H,19,21)/t13-,24-/m0/s1. The van der Waals surface area contributed by atoms with Crippen molar-refractivity contribution >= 4 is 16.8 Å². The van der Waals surface area contributed by atoms with E-state index in [-0.39, 0.29) is 12.1 Å². The van der Waals surface area contributed by atoms with Crippen molar-refractivity contribution in [2.75, 3.05) is 13.3 Å². The Labute approximate surface area is 145 Å². The molecule has 0 aliphatic carbocycles. The predicted molar refractivity (Wildman–Crippen MR) is 95.4 cm³/mol. The van der Waals surface area contributed by atoms with Gasteiger partial charge in [-0.05, 0) is 44.5 Å². The van der Waals surface area contributed by atoms with Gasteiger partial charge in [-0.1, -0.05) is 12.1 Å². The molecule has 2 aromatic rings. The molecule has 0 fully saturated rings. The van der Waals surface area contributed by atoms with Gasteiger partial charge in [-0.15, -0.1) is 0 Å². The molecule has 0 saturated heterocycles. The number of carbonyl (C=O) groups excluding carboxylic acids is 1. The van der Waals surface area contributed by atoms with Crippen LogP contribution in [0.1, 0.15) is 35.6 Å². The molecule has 24 heavy (non-hydrogen) atoms. The lowest BCUT2D eigenvalue weighted by molar-refractivity contribution is 0.203. The van der Waals surface area contributed by atoms with Crippen molar-refractivity contribution in [1.29, 1.82) is 0 Å². The lowest BCUT2D eigenvalue weighted by Gasteiger charge is -2.21. The average molecular weight is 348 g/mol. The molecule has 1 aromatic carbocycles. The quantitative estimate of drug-likeness (QED) is 0.899. The highest BCUT2D eigenvalue weighted by Crippen LogP contribution is 2.21. The molecule has 1 heterocycles. The maximum absolute atomic E-state index is 12.4. The summed E-state index contributed by atoms with van der Waals surface area (Å²) < 4.78 is 16.9. The zero-order valence-electron chi connectivity index (χ0n) is 14.8. The van der Waals surface area contributed by atoms with Crippen LogP contribution >= 0.6 is 0 Å².